The Labute approximate surface area is 291 Å². The highest BCUT2D eigenvalue weighted by atomic mass is 79.9. The van der Waals surface area contributed by atoms with Gasteiger partial charge in [0.1, 0.15) is 9.75 Å². The lowest BCUT2D eigenvalue weighted by molar-refractivity contribution is 0.0605. The Morgan fingerprint density at radius 1 is 0.936 bits per heavy atom. The molecule has 1 amide bonds. The van der Waals surface area contributed by atoms with E-state index in [4.69, 9.17) is 4.74 Å². The molecule has 0 spiro atoms. The molecule has 6 rings (SSSR count). The van der Waals surface area contributed by atoms with E-state index < -0.39 is 16.0 Å². The van der Waals surface area contributed by atoms with E-state index in [0.717, 1.165) is 26.0 Å². The van der Waals surface area contributed by atoms with Crippen molar-refractivity contribution >= 4 is 82.0 Å². The number of hydrogen-bond donors (Lipinski definition) is 0. The van der Waals surface area contributed by atoms with E-state index in [0.29, 0.717) is 59.0 Å². The summed E-state index contributed by atoms with van der Waals surface area (Å²) in [5.74, 6) is -0.442. The number of rotatable bonds is 9. The van der Waals surface area contributed by atoms with Crippen LogP contribution in [0, 0.1) is 13.8 Å². The van der Waals surface area contributed by atoms with Crippen molar-refractivity contribution in [3.05, 3.63) is 109 Å². The average molecular weight is 753 g/mol. The van der Waals surface area contributed by atoms with E-state index in [1.165, 1.54) is 34.1 Å². The van der Waals surface area contributed by atoms with Crippen LogP contribution in [0.15, 0.2) is 87.5 Å². The number of hydrogen-bond acceptors (Lipinski definition) is 8. The van der Waals surface area contributed by atoms with Crippen LogP contribution in [-0.2, 0) is 21.2 Å². The minimum atomic E-state index is -4.05. The number of para-hydroxylation sites is 2. The van der Waals surface area contributed by atoms with Gasteiger partial charge >= 0.3 is 5.97 Å². The molecule has 0 aliphatic carbocycles. The minimum absolute atomic E-state index is 0.00316. The third-order valence-electron chi connectivity index (χ3n) is 8.46. The number of piperazine rings is 1. The van der Waals surface area contributed by atoms with Gasteiger partial charge in [0.15, 0.2) is 0 Å². The van der Waals surface area contributed by atoms with Crippen LogP contribution >= 0.6 is 38.6 Å². The zero-order valence-corrected chi connectivity index (χ0v) is 30.3. The molecule has 244 valence electrons. The van der Waals surface area contributed by atoms with Gasteiger partial charge in [-0.1, -0.05) is 42.0 Å². The summed E-state index contributed by atoms with van der Waals surface area (Å²) in [5.41, 5.74) is 4.25. The lowest BCUT2D eigenvalue weighted by Gasteiger charge is -2.38. The molecule has 1 aliphatic rings. The fourth-order valence-electron chi connectivity index (χ4n) is 5.81. The van der Waals surface area contributed by atoms with Crippen LogP contribution in [0.3, 0.4) is 0 Å². The molecular weight excluding hydrogens is 719 g/mol. The van der Waals surface area contributed by atoms with E-state index in [2.05, 4.69) is 20.8 Å². The molecule has 0 unspecified atom stereocenters. The number of benzene rings is 3. The number of methoxy groups -OCH3 is 1. The van der Waals surface area contributed by atoms with Crippen LogP contribution < -0.4 is 9.21 Å². The Morgan fingerprint density at radius 2 is 1.66 bits per heavy atom. The van der Waals surface area contributed by atoms with Crippen molar-refractivity contribution in [2.24, 2.45) is 0 Å². The quantitative estimate of drug-likeness (QED) is 0.145. The summed E-state index contributed by atoms with van der Waals surface area (Å²) in [6.45, 7) is 6.22. The van der Waals surface area contributed by atoms with Crippen molar-refractivity contribution < 1.29 is 22.7 Å². The maximum atomic E-state index is 14.7. The van der Waals surface area contributed by atoms with Gasteiger partial charge in [-0.2, -0.15) is 0 Å². The van der Waals surface area contributed by atoms with Crippen LogP contribution in [0.2, 0.25) is 0 Å². The smallest absolute Gasteiger partial charge is 0.348 e. The fraction of sp³-hybridized carbons (Fsp3) is 0.257. The molecule has 0 radical (unpaired) electrons. The molecule has 3 heterocycles. The van der Waals surface area contributed by atoms with Gasteiger partial charge in [-0.3, -0.25) is 9.10 Å². The van der Waals surface area contributed by atoms with Crippen molar-refractivity contribution in [3.8, 4) is 0 Å². The fourth-order valence-corrected chi connectivity index (χ4v) is 9.94. The molecule has 2 aromatic heterocycles. The molecule has 12 heteroatoms. The number of esters is 1. The lowest BCUT2D eigenvalue weighted by Crippen LogP contribution is -2.49. The number of ether oxygens (including phenoxy) is 1. The Morgan fingerprint density at radius 3 is 2.34 bits per heavy atom. The van der Waals surface area contributed by atoms with E-state index in [1.807, 2.05) is 78.7 Å². The van der Waals surface area contributed by atoms with Gasteiger partial charge in [0.2, 0.25) is 0 Å². The van der Waals surface area contributed by atoms with Crippen molar-refractivity contribution in [2.75, 3.05) is 49.0 Å². The summed E-state index contributed by atoms with van der Waals surface area (Å²) in [6, 6.07) is 22.6. The Bertz CT molecular complexity index is 2050. The monoisotopic (exact) mass is 751 g/mol. The second-order valence-corrected chi connectivity index (χ2v) is 16.1. The Hall–Kier alpha value is -3.71. The first-order valence-electron chi connectivity index (χ1n) is 15.1. The van der Waals surface area contributed by atoms with E-state index in [1.54, 1.807) is 18.2 Å². The number of thiophene rings is 2. The van der Waals surface area contributed by atoms with Gasteiger partial charge in [0.25, 0.3) is 15.9 Å². The summed E-state index contributed by atoms with van der Waals surface area (Å²) in [6.07, 6.45) is 0.512. The van der Waals surface area contributed by atoms with Gasteiger partial charge < -0.3 is 14.5 Å². The van der Waals surface area contributed by atoms with Crippen LogP contribution in [-0.4, -0.2) is 65.0 Å². The number of nitrogens with zero attached hydrogens (tertiary/aromatic N) is 3. The second-order valence-electron chi connectivity index (χ2n) is 11.4. The highest BCUT2D eigenvalue weighted by molar-refractivity contribution is 9.10. The molecule has 5 aromatic rings. The summed E-state index contributed by atoms with van der Waals surface area (Å²) in [7, 11) is -2.71. The van der Waals surface area contributed by atoms with E-state index in [-0.39, 0.29) is 17.3 Å². The molecule has 0 atom stereocenters. The highest BCUT2D eigenvalue weighted by Crippen LogP contribution is 2.37. The van der Waals surface area contributed by atoms with E-state index in [9.17, 15) is 18.0 Å². The highest BCUT2D eigenvalue weighted by Gasteiger charge is 2.31. The van der Waals surface area contributed by atoms with Gasteiger partial charge in [0, 0.05) is 41.9 Å². The van der Waals surface area contributed by atoms with Crippen LogP contribution in [0.1, 0.15) is 36.0 Å². The predicted octanol–water partition coefficient (Wildman–Crippen LogP) is 7.53. The predicted molar refractivity (Wildman–Crippen MR) is 194 cm³/mol. The molecule has 3 aromatic carbocycles. The average Bonchev–Trinajstić information content (AvgIpc) is 3.67. The Kier molecular flexibility index (Phi) is 9.75. The maximum absolute atomic E-state index is 14.7. The number of carbonyl (C=O) groups excluding carboxylic acids is 2. The first-order valence-corrected chi connectivity index (χ1v) is 19.1. The zero-order valence-electron chi connectivity index (χ0n) is 26.2. The number of carbonyl (C=O) groups is 2. The summed E-state index contributed by atoms with van der Waals surface area (Å²) < 4.78 is 37.4. The minimum Gasteiger partial charge on any atom is -0.465 e. The van der Waals surface area contributed by atoms with Gasteiger partial charge in [-0.25, -0.2) is 13.2 Å². The van der Waals surface area contributed by atoms with Crippen molar-refractivity contribution in [2.45, 2.75) is 25.2 Å². The SMILES string of the molecule is COC(=O)c1sc2ccc(S(=O)(=O)N(CCc3ccc(C)cc3)c3ccccc3N3CCN(C(=O)c4sccc4Br)CC3)cc2c1C. The van der Waals surface area contributed by atoms with Crippen LogP contribution in [0.4, 0.5) is 11.4 Å². The molecule has 0 N–H and O–H groups in total. The molecule has 1 fully saturated rings. The number of anilines is 2. The van der Waals surface area contributed by atoms with Crippen molar-refractivity contribution in [1.82, 2.24) is 4.90 Å². The molecule has 8 nitrogen and oxygen atoms in total. The maximum Gasteiger partial charge on any atom is 0.348 e. The molecule has 1 saturated heterocycles. The Balaban J connectivity index is 1.35. The van der Waals surface area contributed by atoms with Crippen LogP contribution in [0.25, 0.3) is 10.1 Å². The number of aryl methyl sites for hydroxylation is 2. The zero-order chi connectivity index (χ0) is 33.3. The van der Waals surface area contributed by atoms with Crippen molar-refractivity contribution in [1.29, 1.82) is 0 Å². The van der Waals surface area contributed by atoms with Gasteiger partial charge in [0.05, 0.1) is 23.4 Å². The van der Waals surface area contributed by atoms with E-state index >= 15 is 0 Å². The topological polar surface area (TPSA) is 87.2 Å². The van der Waals surface area contributed by atoms with Gasteiger partial charge in [-0.15, -0.1) is 22.7 Å². The number of sulfonamides is 1. The summed E-state index contributed by atoms with van der Waals surface area (Å²) in [4.78, 5) is 30.9. The third kappa shape index (κ3) is 6.69. The normalized spacial score (nSPS) is 13.6. The molecule has 0 saturated carbocycles. The molecule has 47 heavy (non-hydrogen) atoms. The first kappa shape index (κ1) is 33.2. The summed E-state index contributed by atoms with van der Waals surface area (Å²) in [5, 5.41) is 2.60. The second kappa shape index (κ2) is 13.8. The number of fused-ring (bicyclic) bond motifs is 1. The molecule has 1 aliphatic heterocycles. The summed E-state index contributed by atoms with van der Waals surface area (Å²) >= 11 is 6.19. The number of amides is 1. The standard InChI is InChI=1S/C35H34BrN3O5S3/c1-23-8-10-25(11-9-23)14-16-39(47(42,43)26-12-13-31-27(22-26)24(2)32(46-31)35(41)44-3)30-7-5-4-6-29(30)37-17-19-38(20-18-37)34(40)33-28(36)15-21-45-33/h4-13,15,21-22H,14,16-20H2,1-3H3. The van der Waals surface area contributed by atoms with Crippen LogP contribution in [0.5, 0.6) is 0 Å². The first-order chi connectivity index (χ1) is 22.6. The van der Waals surface area contributed by atoms with Gasteiger partial charge in [-0.05, 0) is 94.5 Å². The molecule has 0 bridgehead atoms. The lowest BCUT2D eigenvalue weighted by atomic mass is 10.1. The largest absolute Gasteiger partial charge is 0.465 e. The van der Waals surface area contributed by atoms with Crippen molar-refractivity contribution in [3.63, 3.8) is 0 Å². The third-order valence-corrected chi connectivity index (χ3v) is 13.3. The number of halogens is 1. The molecular formula is C35H34BrN3O5S3.